The second-order valence-electron chi connectivity index (χ2n) is 5.73. The lowest BCUT2D eigenvalue weighted by Gasteiger charge is -2.36. The Morgan fingerprint density at radius 3 is 2.26 bits per heavy atom. The largest absolute Gasteiger partial charge is 0.352 e. The van der Waals surface area contributed by atoms with Gasteiger partial charge in [0.15, 0.2) is 0 Å². The summed E-state index contributed by atoms with van der Waals surface area (Å²) in [6, 6.07) is 0.519. The van der Waals surface area contributed by atoms with Crippen molar-refractivity contribution < 1.29 is 4.79 Å². The summed E-state index contributed by atoms with van der Waals surface area (Å²) in [4.78, 5) is 14.3. The number of nitrogens with zero attached hydrogens (tertiary/aromatic N) is 1. The lowest BCUT2D eigenvalue weighted by atomic mass is 9.90. The number of piperidine rings is 1. The first-order valence-electron chi connectivity index (χ1n) is 7.25. The Hall–Kier alpha value is -0.320. The number of hydrogen-bond acceptors (Lipinski definition) is 3. The van der Waals surface area contributed by atoms with Crippen LogP contribution in [0.2, 0.25) is 0 Å². The van der Waals surface area contributed by atoms with Crippen LogP contribution in [0.4, 0.5) is 0 Å². The Balaban J connectivity index is 0.00000324. The molecule has 1 saturated heterocycles. The van der Waals surface area contributed by atoms with Crippen LogP contribution in [0.3, 0.4) is 0 Å². The fourth-order valence-electron chi connectivity index (χ4n) is 2.46. The molecule has 1 aliphatic rings. The van der Waals surface area contributed by atoms with Crippen molar-refractivity contribution >= 4 is 18.3 Å². The van der Waals surface area contributed by atoms with Crippen LogP contribution in [0.25, 0.3) is 0 Å². The molecule has 0 aromatic heterocycles. The molecule has 0 radical (unpaired) electrons. The van der Waals surface area contributed by atoms with Crippen molar-refractivity contribution in [3.63, 3.8) is 0 Å². The smallest absolute Gasteiger partial charge is 0.237 e. The molecule has 1 fully saturated rings. The maximum absolute atomic E-state index is 12.0. The summed E-state index contributed by atoms with van der Waals surface area (Å²) in [5.41, 5.74) is 5.93. The van der Waals surface area contributed by atoms with Crippen molar-refractivity contribution in [3.05, 3.63) is 0 Å². The second-order valence-corrected chi connectivity index (χ2v) is 5.73. The molecule has 4 nitrogen and oxygen atoms in total. The molecule has 0 spiro atoms. The highest BCUT2D eigenvalue weighted by atomic mass is 35.5. The van der Waals surface area contributed by atoms with Gasteiger partial charge >= 0.3 is 0 Å². The minimum absolute atomic E-state index is 0. The molecule has 0 bridgehead atoms. The Labute approximate surface area is 123 Å². The van der Waals surface area contributed by atoms with E-state index in [1.165, 1.54) is 0 Å². The third kappa shape index (κ3) is 5.67. The van der Waals surface area contributed by atoms with Crippen LogP contribution < -0.4 is 11.1 Å². The van der Waals surface area contributed by atoms with Crippen molar-refractivity contribution in [2.75, 3.05) is 13.1 Å². The average molecular weight is 292 g/mol. The fraction of sp³-hybridized carbons (Fsp3) is 0.929. The van der Waals surface area contributed by atoms with E-state index in [9.17, 15) is 4.79 Å². The molecular formula is C14H30ClN3O. The van der Waals surface area contributed by atoms with E-state index >= 15 is 0 Å². The van der Waals surface area contributed by atoms with Crippen LogP contribution >= 0.6 is 12.4 Å². The number of rotatable bonds is 5. The average Bonchev–Trinajstić information content (AvgIpc) is 2.37. The summed E-state index contributed by atoms with van der Waals surface area (Å²) in [6.07, 6.45) is 3.20. The lowest BCUT2D eigenvalue weighted by Crippen LogP contribution is -2.51. The van der Waals surface area contributed by atoms with Gasteiger partial charge in [-0.05, 0) is 59.0 Å². The number of carbonyl (C=O) groups is 1. The van der Waals surface area contributed by atoms with Gasteiger partial charge in [-0.25, -0.2) is 0 Å². The zero-order valence-electron chi connectivity index (χ0n) is 12.7. The van der Waals surface area contributed by atoms with E-state index in [4.69, 9.17) is 5.73 Å². The van der Waals surface area contributed by atoms with Crippen LogP contribution in [0, 0.1) is 5.92 Å². The molecule has 19 heavy (non-hydrogen) atoms. The molecule has 3 atom stereocenters. The highest BCUT2D eigenvalue weighted by molar-refractivity contribution is 5.85. The fourth-order valence-corrected chi connectivity index (χ4v) is 2.46. The number of nitrogens with one attached hydrogen (secondary N) is 1. The molecule has 114 valence electrons. The lowest BCUT2D eigenvalue weighted by molar-refractivity contribution is -0.127. The number of halogens is 1. The third-order valence-corrected chi connectivity index (χ3v) is 4.25. The van der Waals surface area contributed by atoms with Gasteiger partial charge < -0.3 is 11.1 Å². The summed E-state index contributed by atoms with van der Waals surface area (Å²) in [5, 5.41) is 3.06. The van der Waals surface area contributed by atoms with Crippen LogP contribution in [0.15, 0.2) is 0 Å². The van der Waals surface area contributed by atoms with Crippen molar-refractivity contribution in [3.8, 4) is 0 Å². The number of carbonyl (C=O) groups excluding carboxylic acids is 1. The quantitative estimate of drug-likeness (QED) is 0.812. The normalized spacial score (nSPS) is 22.2. The number of likely N-dealkylation sites (tertiary alicyclic amines) is 1. The zero-order chi connectivity index (χ0) is 13.7. The topological polar surface area (TPSA) is 58.4 Å². The van der Waals surface area contributed by atoms with Gasteiger partial charge in [0.2, 0.25) is 5.91 Å². The molecule has 0 saturated carbocycles. The van der Waals surface area contributed by atoms with E-state index < -0.39 is 0 Å². The van der Waals surface area contributed by atoms with Gasteiger partial charge in [-0.1, -0.05) is 6.92 Å². The van der Waals surface area contributed by atoms with Crippen molar-refractivity contribution in [2.24, 2.45) is 11.7 Å². The molecule has 1 amide bonds. The van der Waals surface area contributed by atoms with Crippen LogP contribution in [-0.4, -0.2) is 42.0 Å². The van der Waals surface area contributed by atoms with Gasteiger partial charge in [-0.3, -0.25) is 9.69 Å². The van der Waals surface area contributed by atoms with E-state index in [0.29, 0.717) is 5.92 Å². The molecule has 1 heterocycles. The Morgan fingerprint density at radius 2 is 1.84 bits per heavy atom. The van der Waals surface area contributed by atoms with Gasteiger partial charge in [-0.15, -0.1) is 12.4 Å². The van der Waals surface area contributed by atoms with E-state index in [2.05, 4.69) is 24.1 Å². The summed E-state index contributed by atoms with van der Waals surface area (Å²) in [6.45, 7) is 10.2. The highest BCUT2D eigenvalue weighted by Gasteiger charge is 2.28. The Bertz CT molecular complexity index is 265. The Kier molecular flexibility index (Phi) is 8.62. The van der Waals surface area contributed by atoms with E-state index in [0.717, 1.165) is 32.4 Å². The molecule has 5 heteroatoms. The maximum Gasteiger partial charge on any atom is 0.237 e. The molecular weight excluding hydrogens is 262 g/mol. The van der Waals surface area contributed by atoms with Crippen molar-refractivity contribution in [1.82, 2.24) is 10.2 Å². The van der Waals surface area contributed by atoms with E-state index in [-0.39, 0.29) is 36.4 Å². The third-order valence-electron chi connectivity index (χ3n) is 4.25. The van der Waals surface area contributed by atoms with Crippen molar-refractivity contribution in [1.29, 1.82) is 0 Å². The number of amides is 1. The minimum atomic E-state index is -0.0203. The second kappa shape index (κ2) is 8.77. The molecule has 3 N–H and O–H groups in total. The van der Waals surface area contributed by atoms with Gasteiger partial charge in [0, 0.05) is 12.1 Å². The Morgan fingerprint density at radius 1 is 1.32 bits per heavy atom. The monoisotopic (exact) mass is 291 g/mol. The summed E-state index contributed by atoms with van der Waals surface area (Å²) in [7, 11) is 0. The number of nitrogens with two attached hydrogens (primary N) is 1. The summed E-state index contributed by atoms with van der Waals surface area (Å²) >= 11 is 0. The van der Waals surface area contributed by atoms with Crippen LogP contribution in [0.1, 0.15) is 47.0 Å². The molecule has 0 aliphatic carbocycles. The molecule has 3 unspecified atom stereocenters. The highest BCUT2D eigenvalue weighted by Crippen LogP contribution is 2.21. The SMILES string of the molecule is CCC(C)NC(=O)C(C)N1CCC(C(C)N)CC1.Cl. The molecule has 1 rings (SSSR count). The molecule has 0 aromatic rings. The molecule has 1 aliphatic heterocycles. The van der Waals surface area contributed by atoms with Gasteiger partial charge in [0.25, 0.3) is 0 Å². The van der Waals surface area contributed by atoms with Crippen LogP contribution in [0.5, 0.6) is 0 Å². The first kappa shape index (κ1) is 18.7. The number of hydrogen-bond donors (Lipinski definition) is 2. The van der Waals surface area contributed by atoms with Gasteiger partial charge in [-0.2, -0.15) is 0 Å². The summed E-state index contributed by atoms with van der Waals surface area (Å²) in [5.74, 6) is 0.773. The van der Waals surface area contributed by atoms with Crippen molar-refractivity contribution in [2.45, 2.75) is 65.1 Å². The zero-order valence-corrected chi connectivity index (χ0v) is 13.5. The maximum atomic E-state index is 12.0. The first-order valence-corrected chi connectivity index (χ1v) is 7.25. The predicted octanol–water partition coefficient (Wildman–Crippen LogP) is 1.77. The minimum Gasteiger partial charge on any atom is -0.352 e. The predicted molar refractivity (Wildman–Crippen MR) is 82.6 cm³/mol. The molecule has 0 aromatic carbocycles. The standard InChI is InChI=1S/C14H29N3O.ClH/c1-5-10(2)16-14(18)12(4)17-8-6-13(7-9-17)11(3)15;/h10-13H,5-9,15H2,1-4H3,(H,16,18);1H. The first-order chi connectivity index (χ1) is 8.45. The van der Waals surface area contributed by atoms with Crippen LogP contribution in [-0.2, 0) is 4.79 Å². The van der Waals surface area contributed by atoms with E-state index in [1.807, 2.05) is 13.8 Å². The van der Waals surface area contributed by atoms with Gasteiger partial charge in [0.1, 0.15) is 0 Å². The van der Waals surface area contributed by atoms with E-state index in [1.54, 1.807) is 0 Å². The van der Waals surface area contributed by atoms with Gasteiger partial charge in [0.05, 0.1) is 6.04 Å². The summed E-state index contributed by atoms with van der Waals surface area (Å²) < 4.78 is 0.